The summed E-state index contributed by atoms with van der Waals surface area (Å²) in [6.45, 7) is 4.74. The molecule has 1 aromatic carbocycles. The van der Waals surface area contributed by atoms with Crippen molar-refractivity contribution in [3.05, 3.63) is 47.8 Å². The molecule has 1 unspecified atom stereocenters. The molecule has 1 N–H and O–H groups in total. The Labute approximate surface area is 150 Å². The number of aromatic nitrogens is 4. The summed E-state index contributed by atoms with van der Waals surface area (Å²) in [5.74, 6) is 0.862. The van der Waals surface area contributed by atoms with Gasteiger partial charge in [0, 0.05) is 19.6 Å². The number of piperazine rings is 1. The third-order valence-electron chi connectivity index (χ3n) is 4.76. The van der Waals surface area contributed by atoms with E-state index in [0.717, 1.165) is 43.0 Å². The van der Waals surface area contributed by atoms with E-state index in [2.05, 4.69) is 32.5 Å². The molecule has 8 heteroatoms. The van der Waals surface area contributed by atoms with Gasteiger partial charge in [0.15, 0.2) is 5.82 Å². The first-order valence-corrected chi connectivity index (χ1v) is 8.75. The van der Waals surface area contributed by atoms with Crippen molar-refractivity contribution in [2.45, 2.75) is 19.4 Å². The Hall–Kier alpha value is -2.58. The third-order valence-corrected chi connectivity index (χ3v) is 4.76. The van der Waals surface area contributed by atoms with Crippen molar-refractivity contribution in [3.8, 4) is 17.1 Å². The predicted molar refractivity (Wildman–Crippen MR) is 94.4 cm³/mol. The van der Waals surface area contributed by atoms with E-state index >= 15 is 0 Å². The van der Waals surface area contributed by atoms with E-state index in [-0.39, 0.29) is 11.9 Å². The molecule has 7 nitrogen and oxygen atoms in total. The minimum Gasteiger partial charge on any atom is -0.334 e. The molecule has 1 fully saturated rings. The number of rotatable bonds is 4. The lowest BCUT2D eigenvalue weighted by atomic mass is 10.2. The summed E-state index contributed by atoms with van der Waals surface area (Å²) in [5, 5.41) is 12.0. The number of benzene rings is 1. The van der Waals surface area contributed by atoms with Crippen LogP contribution in [0.1, 0.15) is 24.5 Å². The third kappa shape index (κ3) is 3.02. The van der Waals surface area contributed by atoms with Gasteiger partial charge in [0.25, 0.3) is 5.89 Å². The molecule has 26 heavy (non-hydrogen) atoms. The lowest BCUT2D eigenvalue weighted by Gasteiger charge is -2.30. The van der Waals surface area contributed by atoms with E-state index in [9.17, 15) is 4.39 Å². The molecule has 0 amide bonds. The zero-order valence-electron chi connectivity index (χ0n) is 14.8. The highest BCUT2D eigenvalue weighted by Gasteiger charge is 2.26. The van der Waals surface area contributed by atoms with Crippen LogP contribution in [0.4, 0.5) is 4.39 Å². The van der Waals surface area contributed by atoms with Gasteiger partial charge in [-0.05, 0) is 37.7 Å². The van der Waals surface area contributed by atoms with Crippen molar-refractivity contribution in [3.63, 3.8) is 0 Å². The zero-order chi connectivity index (χ0) is 18.1. The zero-order valence-corrected chi connectivity index (χ0v) is 14.8. The SMILES string of the molecule is CCc1c(-c2nc(C3CNCCN3C)no2)cnn1-c1ccc(F)cc1. The molecule has 0 bridgehead atoms. The Kier molecular flexibility index (Phi) is 4.52. The van der Waals surface area contributed by atoms with Crippen molar-refractivity contribution in [1.82, 2.24) is 30.1 Å². The van der Waals surface area contributed by atoms with E-state index < -0.39 is 0 Å². The molecule has 2 aromatic heterocycles. The maximum Gasteiger partial charge on any atom is 0.261 e. The van der Waals surface area contributed by atoms with Crippen molar-refractivity contribution in [1.29, 1.82) is 0 Å². The molecule has 1 saturated heterocycles. The molecule has 1 aliphatic rings. The second-order valence-electron chi connectivity index (χ2n) is 6.40. The van der Waals surface area contributed by atoms with Gasteiger partial charge >= 0.3 is 0 Å². The van der Waals surface area contributed by atoms with Crippen molar-refractivity contribution in [2.24, 2.45) is 0 Å². The number of hydrogen-bond donors (Lipinski definition) is 1. The molecule has 3 heterocycles. The van der Waals surface area contributed by atoms with Crippen LogP contribution >= 0.6 is 0 Å². The first kappa shape index (κ1) is 16.9. The van der Waals surface area contributed by atoms with Gasteiger partial charge in [0.2, 0.25) is 0 Å². The Morgan fingerprint density at radius 3 is 2.85 bits per heavy atom. The number of nitrogens with zero attached hydrogens (tertiary/aromatic N) is 5. The smallest absolute Gasteiger partial charge is 0.261 e. The van der Waals surface area contributed by atoms with Gasteiger partial charge in [-0.15, -0.1) is 0 Å². The van der Waals surface area contributed by atoms with Crippen molar-refractivity contribution >= 4 is 0 Å². The lowest BCUT2D eigenvalue weighted by molar-refractivity contribution is 0.190. The number of halogens is 1. The highest BCUT2D eigenvalue weighted by molar-refractivity contribution is 5.57. The molecule has 136 valence electrons. The fourth-order valence-corrected chi connectivity index (χ4v) is 3.27. The topological polar surface area (TPSA) is 72.0 Å². The van der Waals surface area contributed by atoms with Crippen LogP contribution in [-0.4, -0.2) is 51.5 Å². The first-order chi connectivity index (χ1) is 12.7. The van der Waals surface area contributed by atoms with Gasteiger partial charge in [-0.3, -0.25) is 4.90 Å². The summed E-state index contributed by atoms with van der Waals surface area (Å²) in [4.78, 5) is 6.83. The molecule has 0 radical (unpaired) electrons. The van der Waals surface area contributed by atoms with Crippen LogP contribution in [0.2, 0.25) is 0 Å². The maximum absolute atomic E-state index is 13.2. The number of nitrogens with one attached hydrogen (secondary N) is 1. The van der Waals surface area contributed by atoms with E-state index in [1.165, 1.54) is 12.1 Å². The van der Waals surface area contributed by atoms with E-state index in [4.69, 9.17) is 4.52 Å². The normalized spacial score (nSPS) is 18.3. The minimum atomic E-state index is -0.272. The highest BCUT2D eigenvalue weighted by Crippen LogP contribution is 2.27. The Balaban J connectivity index is 1.67. The van der Waals surface area contributed by atoms with E-state index in [1.54, 1.807) is 23.0 Å². The second-order valence-corrected chi connectivity index (χ2v) is 6.40. The second kappa shape index (κ2) is 6.97. The number of hydrogen-bond acceptors (Lipinski definition) is 6. The van der Waals surface area contributed by atoms with Gasteiger partial charge in [-0.25, -0.2) is 9.07 Å². The summed E-state index contributed by atoms with van der Waals surface area (Å²) in [6, 6.07) is 6.35. The summed E-state index contributed by atoms with van der Waals surface area (Å²) in [7, 11) is 2.06. The Morgan fingerprint density at radius 2 is 2.12 bits per heavy atom. The van der Waals surface area contributed by atoms with Crippen LogP contribution in [0.25, 0.3) is 17.1 Å². The van der Waals surface area contributed by atoms with Crippen molar-refractivity contribution in [2.75, 3.05) is 26.7 Å². The maximum atomic E-state index is 13.2. The molecule has 4 rings (SSSR count). The largest absolute Gasteiger partial charge is 0.334 e. The molecule has 1 atom stereocenters. The van der Waals surface area contributed by atoms with Crippen LogP contribution in [0.5, 0.6) is 0 Å². The first-order valence-electron chi connectivity index (χ1n) is 8.75. The summed E-state index contributed by atoms with van der Waals surface area (Å²) >= 11 is 0. The minimum absolute atomic E-state index is 0.0958. The van der Waals surface area contributed by atoms with E-state index in [1.807, 2.05) is 6.92 Å². The van der Waals surface area contributed by atoms with Gasteiger partial charge in [-0.2, -0.15) is 10.1 Å². The molecule has 3 aromatic rings. The fourth-order valence-electron chi connectivity index (χ4n) is 3.27. The summed E-state index contributed by atoms with van der Waals surface area (Å²) < 4.78 is 20.5. The van der Waals surface area contributed by atoms with Crippen LogP contribution in [0.15, 0.2) is 35.0 Å². The Morgan fingerprint density at radius 1 is 1.31 bits per heavy atom. The molecular weight excluding hydrogens is 335 g/mol. The molecular formula is C18H21FN6O. The van der Waals surface area contributed by atoms with Gasteiger partial charge in [-0.1, -0.05) is 12.1 Å². The summed E-state index contributed by atoms with van der Waals surface area (Å²) in [6.07, 6.45) is 2.46. The molecule has 0 spiro atoms. The Bertz CT molecular complexity index is 887. The standard InChI is InChI=1S/C18H21FN6O/c1-3-15-14(10-21-25(15)13-6-4-12(19)5-7-13)18-22-17(23-26-18)16-11-20-8-9-24(16)2/h4-7,10,16,20H,3,8-9,11H2,1-2H3. The fraction of sp³-hybridized carbons (Fsp3) is 0.389. The van der Waals surface area contributed by atoms with Crippen LogP contribution < -0.4 is 5.32 Å². The van der Waals surface area contributed by atoms with Gasteiger partial charge in [0.05, 0.1) is 29.2 Å². The quantitative estimate of drug-likeness (QED) is 0.773. The van der Waals surface area contributed by atoms with Crippen LogP contribution in [0, 0.1) is 5.82 Å². The van der Waals surface area contributed by atoms with E-state index in [0.29, 0.717) is 11.7 Å². The van der Waals surface area contributed by atoms with Crippen LogP contribution in [0.3, 0.4) is 0 Å². The lowest BCUT2D eigenvalue weighted by Crippen LogP contribution is -2.44. The monoisotopic (exact) mass is 356 g/mol. The van der Waals surface area contributed by atoms with Gasteiger partial charge < -0.3 is 9.84 Å². The van der Waals surface area contributed by atoms with Crippen molar-refractivity contribution < 1.29 is 8.91 Å². The highest BCUT2D eigenvalue weighted by atomic mass is 19.1. The average Bonchev–Trinajstić information content (AvgIpc) is 3.29. The predicted octanol–water partition coefficient (Wildman–Crippen LogP) is 2.20. The number of likely N-dealkylation sites (N-methyl/N-ethyl adjacent to an activating group) is 1. The molecule has 0 saturated carbocycles. The average molecular weight is 356 g/mol. The summed E-state index contributed by atoms with van der Waals surface area (Å²) in [5.41, 5.74) is 2.55. The molecule has 1 aliphatic heterocycles. The van der Waals surface area contributed by atoms with Crippen LogP contribution in [-0.2, 0) is 6.42 Å². The van der Waals surface area contributed by atoms with Gasteiger partial charge in [0.1, 0.15) is 5.82 Å². The molecule has 0 aliphatic carbocycles.